The van der Waals surface area contributed by atoms with Gasteiger partial charge in [-0.25, -0.2) is 4.79 Å². The third-order valence-electron chi connectivity index (χ3n) is 6.74. The molecule has 7 heteroatoms. The molecule has 3 aromatic carbocycles. The number of fused-ring (bicyclic) bond motifs is 2. The van der Waals surface area contributed by atoms with Gasteiger partial charge in [0.15, 0.2) is 0 Å². The van der Waals surface area contributed by atoms with Crippen molar-refractivity contribution in [3.8, 4) is 17.6 Å². The van der Waals surface area contributed by atoms with E-state index >= 15 is 0 Å². The summed E-state index contributed by atoms with van der Waals surface area (Å²) < 4.78 is 17.2. The van der Waals surface area contributed by atoms with Crippen molar-refractivity contribution in [3.63, 3.8) is 0 Å². The predicted octanol–water partition coefficient (Wildman–Crippen LogP) is 7.26. The van der Waals surface area contributed by atoms with E-state index in [2.05, 4.69) is 32.0 Å². The minimum Gasteiger partial charge on any atom is -0.449 e. The maximum absolute atomic E-state index is 13.0. The number of hydrogen-bond donors (Lipinski definition) is 1. The highest BCUT2D eigenvalue weighted by atomic mass is 35.5. The van der Waals surface area contributed by atoms with Gasteiger partial charge in [0.2, 0.25) is 11.6 Å². The number of nitriles is 1. The number of allylic oxidation sites excluding steroid dienone is 1. The van der Waals surface area contributed by atoms with E-state index in [-0.39, 0.29) is 17.4 Å². The topological polar surface area (TPSA) is 98.5 Å². The number of ether oxygens (including phenoxy) is 2. The Morgan fingerprint density at radius 1 is 1.11 bits per heavy atom. The fraction of sp³-hybridized carbons (Fsp3) is 0.200. The maximum Gasteiger partial charge on any atom is 0.379 e. The summed E-state index contributed by atoms with van der Waals surface area (Å²) in [6, 6.07) is 19.0. The fourth-order valence-corrected chi connectivity index (χ4v) is 4.77. The van der Waals surface area contributed by atoms with E-state index in [0.29, 0.717) is 33.4 Å². The van der Waals surface area contributed by atoms with Crippen LogP contribution in [0.15, 0.2) is 70.5 Å². The summed E-state index contributed by atoms with van der Waals surface area (Å²) in [7, 11) is 0. The Morgan fingerprint density at radius 2 is 1.84 bits per heavy atom. The quantitative estimate of drug-likeness (QED) is 0.228. The van der Waals surface area contributed by atoms with Gasteiger partial charge in [0, 0.05) is 27.6 Å². The molecular weight excluding hydrogens is 488 g/mol. The van der Waals surface area contributed by atoms with Crippen LogP contribution >= 0.6 is 11.6 Å². The van der Waals surface area contributed by atoms with E-state index in [0.717, 1.165) is 22.1 Å². The first kappa shape index (κ1) is 24.5. The van der Waals surface area contributed by atoms with E-state index in [1.165, 1.54) is 5.56 Å². The van der Waals surface area contributed by atoms with Crippen molar-refractivity contribution < 1.29 is 18.7 Å². The van der Waals surface area contributed by atoms with Crippen LogP contribution in [0.1, 0.15) is 64.1 Å². The Labute approximate surface area is 219 Å². The second kappa shape index (κ2) is 9.34. The largest absolute Gasteiger partial charge is 0.449 e. The van der Waals surface area contributed by atoms with Crippen LogP contribution in [0.5, 0.6) is 11.5 Å². The lowest BCUT2D eigenvalue weighted by molar-refractivity contribution is 0.0702. The first-order chi connectivity index (χ1) is 17.7. The zero-order valence-corrected chi connectivity index (χ0v) is 21.6. The molecule has 1 aromatic heterocycles. The minimum absolute atomic E-state index is 0.0248. The number of furan rings is 1. The molecule has 2 heterocycles. The summed E-state index contributed by atoms with van der Waals surface area (Å²) >= 11 is 6.25. The molecule has 4 aromatic rings. The van der Waals surface area contributed by atoms with E-state index in [1.54, 1.807) is 37.3 Å². The molecule has 0 radical (unpaired) electrons. The van der Waals surface area contributed by atoms with Crippen LogP contribution in [0.25, 0.3) is 11.0 Å². The molecule has 0 saturated heterocycles. The molecule has 1 unspecified atom stereocenters. The van der Waals surface area contributed by atoms with Crippen molar-refractivity contribution in [2.24, 2.45) is 5.73 Å². The van der Waals surface area contributed by atoms with Crippen LogP contribution in [0.2, 0.25) is 5.02 Å². The number of nitrogens with two attached hydrogens (primary N) is 1. The second-order valence-electron chi connectivity index (χ2n) is 9.49. The number of benzene rings is 3. The normalized spacial score (nSPS) is 14.9. The van der Waals surface area contributed by atoms with Crippen LogP contribution in [0.3, 0.4) is 0 Å². The number of carbonyl (C=O) groups is 1. The first-order valence-electron chi connectivity index (χ1n) is 11.9. The fourth-order valence-electron chi connectivity index (χ4n) is 4.60. The summed E-state index contributed by atoms with van der Waals surface area (Å²) in [5, 5.41) is 11.2. The summed E-state index contributed by atoms with van der Waals surface area (Å²) in [6.07, 6.45) is 0. The summed E-state index contributed by atoms with van der Waals surface area (Å²) in [5.74, 6) is 0.163. The van der Waals surface area contributed by atoms with Gasteiger partial charge in [-0.1, -0.05) is 55.8 Å². The van der Waals surface area contributed by atoms with Crippen molar-refractivity contribution in [2.75, 3.05) is 0 Å². The van der Waals surface area contributed by atoms with Gasteiger partial charge in [-0.3, -0.25) is 0 Å². The summed E-state index contributed by atoms with van der Waals surface area (Å²) in [6.45, 7) is 7.91. The third-order valence-corrected chi connectivity index (χ3v) is 7.15. The van der Waals surface area contributed by atoms with Gasteiger partial charge in [-0.2, -0.15) is 5.26 Å². The van der Waals surface area contributed by atoms with Crippen LogP contribution in [-0.2, 0) is 0 Å². The Morgan fingerprint density at radius 3 is 2.51 bits per heavy atom. The maximum atomic E-state index is 13.0. The monoisotopic (exact) mass is 512 g/mol. The average Bonchev–Trinajstić information content (AvgIpc) is 3.18. The predicted molar refractivity (Wildman–Crippen MR) is 142 cm³/mol. The van der Waals surface area contributed by atoms with Crippen LogP contribution in [-0.4, -0.2) is 5.97 Å². The molecule has 0 aliphatic carbocycles. The molecule has 2 N–H and O–H groups in total. The van der Waals surface area contributed by atoms with Crippen molar-refractivity contribution in [2.45, 2.75) is 39.5 Å². The number of hydrogen-bond acceptors (Lipinski definition) is 6. The second-order valence-corrected chi connectivity index (χ2v) is 9.90. The molecule has 0 amide bonds. The number of rotatable bonds is 4. The lowest BCUT2D eigenvalue weighted by Crippen LogP contribution is -2.21. The Hall–Kier alpha value is -4.21. The molecule has 186 valence electrons. The van der Waals surface area contributed by atoms with Gasteiger partial charge in [0.1, 0.15) is 28.7 Å². The summed E-state index contributed by atoms with van der Waals surface area (Å²) in [5.41, 5.74) is 11.4. The number of aryl methyl sites for hydroxylation is 2. The lowest BCUT2D eigenvalue weighted by atomic mass is 9.83. The van der Waals surface area contributed by atoms with Crippen molar-refractivity contribution in [1.29, 1.82) is 5.26 Å². The van der Waals surface area contributed by atoms with Crippen molar-refractivity contribution in [1.82, 2.24) is 0 Å². The van der Waals surface area contributed by atoms with Crippen LogP contribution in [0.4, 0.5) is 0 Å². The zero-order chi connectivity index (χ0) is 26.4. The van der Waals surface area contributed by atoms with Gasteiger partial charge >= 0.3 is 5.97 Å². The van der Waals surface area contributed by atoms with Gasteiger partial charge < -0.3 is 19.6 Å². The smallest absolute Gasteiger partial charge is 0.379 e. The molecule has 0 spiro atoms. The standard InChI is InChI=1S/C30H25ClN2O4/c1-15(2)18-5-7-19(8-6-18)27-21-10-9-20(12-26(21)37-29(33)23(27)14-32)35-30(34)28-17(4)22-13-24(31)16(3)11-25(22)36-28/h5-13,15,27H,33H2,1-4H3. The zero-order valence-electron chi connectivity index (χ0n) is 20.9. The lowest BCUT2D eigenvalue weighted by Gasteiger charge is -2.27. The molecule has 1 aliphatic heterocycles. The van der Waals surface area contributed by atoms with E-state index in [1.807, 2.05) is 19.1 Å². The first-order valence-corrected chi connectivity index (χ1v) is 12.3. The van der Waals surface area contributed by atoms with Gasteiger partial charge in [0.05, 0.1) is 5.92 Å². The summed E-state index contributed by atoms with van der Waals surface area (Å²) in [4.78, 5) is 13.0. The number of nitrogens with zero attached hydrogens (tertiary/aromatic N) is 1. The molecule has 0 bridgehead atoms. The third kappa shape index (κ3) is 4.32. The van der Waals surface area contributed by atoms with Crippen LogP contribution in [0, 0.1) is 25.2 Å². The van der Waals surface area contributed by atoms with Crippen molar-refractivity contribution >= 4 is 28.5 Å². The molecule has 6 nitrogen and oxygen atoms in total. The van der Waals surface area contributed by atoms with Gasteiger partial charge in [-0.05, 0) is 54.7 Å². The molecule has 37 heavy (non-hydrogen) atoms. The van der Waals surface area contributed by atoms with E-state index in [9.17, 15) is 10.1 Å². The molecule has 0 saturated carbocycles. The van der Waals surface area contributed by atoms with E-state index in [4.69, 9.17) is 31.2 Å². The average molecular weight is 513 g/mol. The van der Waals surface area contributed by atoms with Gasteiger partial charge in [0.25, 0.3) is 0 Å². The number of esters is 1. The minimum atomic E-state index is -0.639. The van der Waals surface area contributed by atoms with Crippen LogP contribution < -0.4 is 15.2 Å². The Bertz CT molecular complexity index is 1620. The highest BCUT2D eigenvalue weighted by molar-refractivity contribution is 6.32. The highest BCUT2D eigenvalue weighted by Crippen LogP contribution is 2.43. The molecule has 1 aliphatic rings. The number of halogens is 1. The van der Waals surface area contributed by atoms with Gasteiger partial charge in [-0.15, -0.1) is 0 Å². The highest BCUT2D eigenvalue weighted by Gasteiger charge is 2.31. The molecular formula is C30H25ClN2O4. The Kier molecular flexibility index (Phi) is 6.18. The molecule has 5 rings (SSSR count). The van der Waals surface area contributed by atoms with E-state index < -0.39 is 11.9 Å². The SMILES string of the molecule is Cc1cc2oc(C(=O)Oc3ccc4c(c3)OC(N)=C(C#N)C4c3ccc(C(C)C)cc3)c(C)c2cc1Cl. The van der Waals surface area contributed by atoms with Crippen molar-refractivity contribution in [3.05, 3.63) is 105 Å². The number of carbonyl (C=O) groups excluding carboxylic acids is 1. The molecule has 1 atom stereocenters. The Balaban J connectivity index is 1.48. The molecule has 0 fully saturated rings.